The summed E-state index contributed by atoms with van der Waals surface area (Å²) in [7, 11) is 0. The van der Waals surface area contributed by atoms with Crippen LogP contribution in [0.15, 0.2) is 12.2 Å². The Balaban J connectivity index is 0. The standard InChI is InChI=1S/C4H8.F2O/c1-3-4-2;1-3-2/h3-4H,1-2H3;. The van der Waals surface area contributed by atoms with Crippen LogP contribution in [-0.4, -0.2) is 0 Å². The zero-order valence-electron chi connectivity index (χ0n) is 4.32. The van der Waals surface area contributed by atoms with Crippen LogP contribution in [0.5, 0.6) is 0 Å². The van der Waals surface area contributed by atoms with E-state index in [1.54, 1.807) is 0 Å². The van der Waals surface area contributed by atoms with Crippen molar-refractivity contribution in [3.63, 3.8) is 0 Å². The molecule has 7 heavy (non-hydrogen) atoms. The predicted octanol–water partition coefficient (Wildman–Crippen LogP) is 2.35. The Bertz CT molecular complexity index is 32.7. The molecular formula is C4H8F2O. The summed E-state index contributed by atoms with van der Waals surface area (Å²) in [6.07, 6.45) is 4.00. The molecule has 0 bridgehead atoms. The van der Waals surface area contributed by atoms with Gasteiger partial charge in [0.05, 0.1) is 0 Å². The molecule has 0 aliphatic carbocycles. The van der Waals surface area contributed by atoms with Crippen molar-refractivity contribution < 1.29 is 14.2 Å². The van der Waals surface area contributed by atoms with Gasteiger partial charge in [0.15, 0.2) is 0 Å². The molecule has 0 N–H and O–H groups in total. The van der Waals surface area contributed by atoms with Crippen LogP contribution in [0.2, 0.25) is 0 Å². The van der Waals surface area contributed by atoms with Crippen molar-refractivity contribution in [1.29, 1.82) is 0 Å². The van der Waals surface area contributed by atoms with Crippen molar-refractivity contribution in [3.8, 4) is 0 Å². The van der Waals surface area contributed by atoms with Gasteiger partial charge in [-0.1, -0.05) is 12.2 Å². The summed E-state index contributed by atoms with van der Waals surface area (Å²) >= 11 is 0. The number of halogens is 2. The summed E-state index contributed by atoms with van der Waals surface area (Å²) in [5.41, 5.74) is 0. The molecule has 0 radical (unpaired) electrons. The zero-order chi connectivity index (χ0) is 6.12. The monoisotopic (exact) mass is 110 g/mol. The third-order valence-electron chi connectivity index (χ3n) is 0.333. The molecule has 0 aromatic rings. The van der Waals surface area contributed by atoms with Gasteiger partial charge in [-0.25, -0.2) is 0 Å². The fourth-order valence-electron chi connectivity index (χ4n) is 0. The summed E-state index contributed by atoms with van der Waals surface area (Å²) in [5, 5.41) is 1.25. The quantitative estimate of drug-likeness (QED) is 0.435. The Morgan fingerprint density at radius 2 is 1.29 bits per heavy atom. The van der Waals surface area contributed by atoms with E-state index >= 15 is 0 Å². The maximum Gasteiger partial charge on any atom is 0.0209 e. The van der Waals surface area contributed by atoms with Gasteiger partial charge in [-0.3, -0.25) is 0 Å². The minimum Gasteiger partial charge on any atom is -0.0919 e. The van der Waals surface area contributed by atoms with Crippen molar-refractivity contribution >= 4 is 0 Å². The molecule has 0 amide bonds. The van der Waals surface area contributed by atoms with E-state index in [9.17, 15) is 0 Å². The summed E-state index contributed by atoms with van der Waals surface area (Å²) in [4.78, 5) is 0. The minimum absolute atomic E-state index is 1.25. The summed E-state index contributed by atoms with van der Waals surface area (Å²) < 4.78 is 18.2. The molecule has 0 aromatic heterocycles. The van der Waals surface area contributed by atoms with Gasteiger partial charge in [0.1, 0.15) is 0 Å². The van der Waals surface area contributed by atoms with Gasteiger partial charge in [0, 0.05) is 5.15 Å². The van der Waals surface area contributed by atoms with E-state index in [1.165, 1.54) is 5.15 Å². The smallest absolute Gasteiger partial charge is 0.0209 e. The first-order chi connectivity index (χ1) is 3.33. The van der Waals surface area contributed by atoms with Crippen LogP contribution < -0.4 is 0 Å². The van der Waals surface area contributed by atoms with Crippen LogP contribution in [-0.2, 0) is 5.15 Å². The highest BCUT2D eigenvalue weighted by atomic mass is 19.6. The summed E-state index contributed by atoms with van der Waals surface area (Å²) in [6, 6.07) is 0. The highest BCUT2D eigenvalue weighted by Crippen LogP contribution is 1.61. The lowest BCUT2D eigenvalue weighted by molar-refractivity contribution is -0.317. The van der Waals surface area contributed by atoms with E-state index in [2.05, 4.69) is 0 Å². The third kappa shape index (κ3) is 225. The van der Waals surface area contributed by atoms with Crippen LogP contribution in [0.4, 0.5) is 9.05 Å². The Morgan fingerprint density at radius 1 is 1.14 bits per heavy atom. The Morgan fingerprint density at radius 3 is 1.29 bits per heavy atom. The van der Waals surface area contributed by atoms with E-state index in [4.69, 9.17) is 9.05 Å². The molecule has 0 aromatic carbocycles. The van der Waals surface area contributed by atoms with E-state index in [1.807, 2.05) is 26.0 Å². The highest BCUT2D eigenvalue weighted by molar-refractivity contribution is 4.68. The first kappa shape index (κ1) is 9.75. The molecule has 44 valence electrons. The predicted molar refractivity (Wildman–Crippen MR) is 23.8 cm³/mol. The number of allylic oxidation sites excluding steroid dienone is 2. The van der Waals surface area contributed by atoms with Crippen molar-refractivity contribution in [2.75, 3.05) is 0 Å². The van der Waals surface area contributed by atoms with Crippen LogP contribution in [0.25, 0.3) is 0 Å². The minimum atomic E-state index is 1.25. The Hall–Kier alpha value is -0.440. The molecule has 0 heterocycles. The van der Waals surface area contributed by atoms with Crippen LogP contribution in [0.3, 0.4) is 0 Å². The van der Waals surface area contributed by atoms with Gasteiger partial charge in [0.2, 0.25) is 0 Å². The largest absolute Gasteiger partial charge is 0.0919 e. The Kier molecular flexibility index (Phi) is 24.6. The molecule has 3 heteroatoms. The van der Waals surface area contributed by atoms with E-state index in [0.717, 1.165) is 0 Å². The SMILES string of the molecule is CC=CC.FOF. The van der Waals surface area contributed by atoms with Gasteiger partial charge in [0.25, 0.3) is 0 Å². The average Bonchev–Trinajstić information content (AvgIpc) is 1.69. The molecule has 0 unspecified atom stereocenters. The molecule has 0 aliphatic rings. The van der Waals surface area contributed by atoms with E-state index < -0.39 is 0 Å². The first-order valence-electron chi connectivity index (χ1n) is 1.80. The van der Waals surface area contributed by atoms with Gasteiger partial charge in [-0.05, 0) is 22.9 Å². The lowest BCUT2D eigenvalue weighted by Crippen LogP contribution is -1.26. The normalized spacial score (nSPS) is 8.00. The summed E-state index contributed by atoms with van der Waals surface area (Å²) in [6.45, 7) is 4.00. The van der Waals surface area contributed by atoms with E-state index in [0.29, 0.717) is 0 Å². The summed E-state index contributed by atoms with van der Waals surface area (Å²) in [5.74, 6) is 0. The van der Waals surface area contributed by atoms with Gasteiger partial charge < -0.3 is 0 Å². The number of hydrogen-bond donors (Lipinski definition) is 0. The average molecular weight is 110 g/mol. The Labute approximate surface area is 41.4 Å². The lowest BCUT2D eigenvalue weighted by atomic mass is 10.6. The maximum atomic E-state index is 9.12. The second-order valence-electron chi connectivity index (χ2n) is 0.725. The molecule has 0 saturated heterocycles. The molecule has 0 spiro atoms. The van der Waals surface area contributed by atoms with Crippen molar-refractivity contribution in [2.24, 2.45) is 0 Å². The van der Waals surface area contributed by atoms with Gasteiger partial charge in [-0.15, -0.1) is 0 Å². The topological polar surface area (TPSA) is 9.23 Å². The molecule has 0 saturated carbocycles. The fraction of sp³-hybridized carbons (Fsp3) is 0.500. The fourth-order valence-corrected chi connectivity index (χ4v) is 0. The van der Waals surface area contributed by atoms with Crippen molar-refractivity contribution in [2.45, 2.75) is 13.8 Å². The second-order valence-corrected chi connectivity index (χ2v) is 0.725. The first-order valence-corrected chi connectivity index (χ1v) is 1.80. The molecule has 0 rings (SSSR count). The second kappa shape index (κ2) is 17.6. The van der Waals surface area contributed by atoms with Crippen molar-refractivity contribution in [1.82, 2.24) is 0 Å². The van der Waals surface area contributed by atoms with Crippen molar-refractivity contribution in [3.05, 3.63) is 12.2 Å². The lowest BCUT2D eigenvalue weighted by Gasteiger charge is -1.49. The van der Waals surface area contributed by atoms with Gasteiger partial charge in [-0.2, -0.15) is 0 Å². The third-order valence-corrected chi connectivity index (χ3v) is 0.333. The molecular weight excluding hydrogens is 102 g/mol. The number of hydrogen-bond acceptors (Lipinski definition) is 1. The van der Waals surface area contributed by atoms with E-state index in [-0.39, 0.29) is 0 Å². The molecule has 1 nitrogen and oxygen atoms in total. The molecule has 0 atom stereocenters. The molecule has 0 aliphatic heterocycles. The maximum absolute atomic E-state index is 9.12. The van der Waals surface area contributed by atoms with Crippen LogP contribution >= 0.6 is 0 Å². The molecule has 0 fully saturated rings. The van der Waals surface area contributed by atoms with Gasteiger partial charge >= 0.3 is 0 Å². The highest BCUT2D eigenvalue weighted by Gasteiger charge is 1.42. The van der Waals surface area contributed by atoms with Crippen LogP contribution in [0, 0.1) is 0 Å². The number of rotatable bonds is 0. The van der Waals surface area contributed by atoms with Crippen LogP contribution in [0.1, 0.15) is 13.8 Å². The zero-order valence-corrected chi connectivity index (χ0v) is 4.32.